The van der Waals surface area contributed by atoms with Crippen LogP contribution in [0.5, 0.6) is 0 Å². The molecule has 0 aliphatic carbocycles. The van der Waals surface area contributed by atoms with E-state index in [0.29, 0.717) is 51.7 Å². The predicted molar refractivity (Wildman–Crippen MR) is 122 cm³/mol. The smallest absolute Gasteiger partial charge is 0.290 e. The van der Waals surface area contributed by atoms with Crippen LogP contribution in [0.15, 0.2) is 45.6 Å². The predicted octanol–water partition coefficient (Wildman–Crippen LogP) is 5.77. The van der Waals surface area contributed by atoms with E-state index in [-0.39, 0.29) is 23.2 Å². The molecule has 1 aromatic heterocycles. The van der Waals surface area contributed by atoms with Crippen LogP contribution in [0, 0.1) is 6.92 Å². The van der Waals surface area contributed by atoms with E-state index in [1.165, 1.54) is 0 Å². The quantitative estimate of drug-likeness (QED) is 0.439. The van der Waals surface area contributed by atoms with Crippen molar-refractivity contribution in [3.63, 3.8) is 0 Å². The minimum absolute atomic E-state index is 0.0854. The van der Waals surface area contributed by atoms with Gasteiger partial charge in [-0.25, -0.2) is 0 Å². The van der Waals surface area contributed by atoms with Crippen molar-refractivity contribution in [1.29, 1.82) is 0 Å². The molecule has 7 heteroatoms. The van der Waals surface area contributed by atoms with Crippen LogP contribution in [0.4, 0.5) is 0 Å². The number of carbonyl (C=O) groups is 1. The number of benzene rings is 2. The molecule has 0 N–H and O–H groups in total. The van der Waals surface area contributed by atoms with E-state index in [0.717, 1.165) is 5.56 Å². The van der Waals surface area contributed by atoms with Gasteiger partial charge < -0.3 is 14.1 Å². The lowest BCUT2D eigenvalue weighted by Crippen LogP contribution is -2.31. The number of rotatable bonds is 6. The summed E-state index contributed by atoms with van der Waals surface area (Å²) in [6, 6.07) is 9.94. The van der Waals surface area contributed by atoms with E-state index in [1.54, 1.807) is 35.2 Å². The number of halogens is 2. The number of carbonyl (C=O) groups excluding carboxylic acids is 1. The highest BCUT2D eigenvalue weighted by Crippen LogP contribution is 2.39. The van der Waals surface area contributed by atoms with E-state index in [2.05, 4.69) is 0 Å². The molecule has 0 fully saturated rings. The molecular weight excluding hydrogens is 437 g/mol. The van der Waals surface area contributed by atoms with Crippen molar-refractivity contribution in [2.45, 2.75) is 39.3 Å². The Morgan fingerprint density at radius 3 is 2.58 bits per heavy atom. The molecule has 0 saturated heterocycles. The number of hydrogen-bond donors (Lipinski definition) is 0. The normalized spacial score (nSPS) is 15.9. The van der Waals surface area contributed by atoms with Gasteiger partial charge >= 0.3 is 0 Å². The first-order chi connectivity index (χ1) is 14.8. The van der Waals surface area contributed by atoms with E-state index in [1.807, 2.05) is 26.8 Å². The summed E-state index contributed by atoms with van der Waals surface area (Å²) in [5, 5.41) is 1.23. The second-order valence-corrected chi connectivity index (χ2v) is 8.84. The molecule has 3 aromatic rings. The largest absolute Gasteiger partial charge is 0.450 e. The van der Waals surface area contributed by atoms with Crippen LogP contribution in [0.1, 0.15) is 53.6 Å². The topological polar surface area (TPSA) is 59.8 Å². The standard InChI is InChI=1S/C24H23Cl2NO4/c1-13(2)30-10-4-9-27-21(15-6-7-17(25)18(26)12-15)20-22(28)16-11-14(3)5-8-19(16)31-23(20)24(27)29/h5-8,11-13,21H,4,9-10H2,1-3H3/t21-/m0/s1. The molecule has 0 unspecified atom stereocenters. The van der Waals surface area contributed by atoms with Gasteiger partial charge in [0.05, 0.1) is 33.1 Å². The van der Waals surface area contributed by atoms with Crippen LogP contribution in [0.25, 0.3) is 11.0 Å². The summed E-state index contributed by atoms with van der Waals surface area (Å²) in [5.74, 6) is -0.225. The summed E-state index contributed by atoms with van der Waals surface area (Å²) >= 11 is 12.4. The average molecular weight is 460 g/mol. The molecule has 4 rings (SSSR count). The van der Waals surface area contributed by atoms with Crippen LogP contribution >= 0.6 is 23.2 Å². The van der Waals surface area contributed by atoms with Crippen molar-refractivity contribution in [2.75, 3.05) is 13.2 Å². The van der Waals surface area contributed by atoms with Crippen LogP contribution in [0.2, 0.25) is 10.0 Å². The first kappa shape index (κ1) is 21.9. The molecular formula is C24H23Cl2NO4. The molecule has 1 amide bonds. The molecule has 31 heavy (non-hydrogen) atoms. The van der Waals surface area contributed by atoms with E-state index in [4.69, 9.17) is 32.4 Å². The minimum atomic E-state index is -0.600. The van der Waals surface area contributed by atoms with Gasteiger partial charge in [-0.05, 0) is 57.0 Å². The molecule has 2 aromatic carbocycles. The van der Waals surface area contributed by atoms with Gasteiger partial charge in [0.25, 0.3) is 5.91 Å². The molecule has 5 nitrogen and oxygen atoms in total. The molecule has 0 spiro atoms. The average Bonchev–Trinajstić information content (AvgIpc) is 3.00. The minimum Gasteiger partial charge on any atom is -0.450 e. The summed E-state index contributed by atoms with van der Waals surface area (Å²) in [6.07, 6.45) is 0.733. The Labute approximate surface area is 190 Å². The Hall–Kier alpha value is -2.34. The third-order valence-corrected chi connectivity index (χ3v) is 6.11. The lowest BCUT2D eigenvalue weighted by Gasteiger charge is -2.25. The molecule has 2 heterocycles. The molecule has 0 saturated carbocycles. The van der Waals surface area contributed by atoms with Crippen LogP contribution < -0.4 is 5.43 Å². The third-order valence-electron chi connectivity index (χ3n) is 5.38. The van der Waals surface area contributed by atoms with Crippen molar-refractivity contribution < 1.29 is 13.9 Å². The molecule has 0 radical (unpaired) electrons. The first-order valence-electron chi connectivity index (χ1n) is 10.2. The van der Waals surface area contributed by atoms with Gasteiger partial charge in [0.2, 0.25) is 5.76 Å². The highest BCUT2D eigenvalue weighted by Gasteiger charge is 2.42. The number of aryl methyl sites for hydroxylation is 1. The van der Waals surface area contributed by atoms with Crippen molar-refractivity contribution in [2.24, 2.45) is 0 Å². The van der Waals surface area contributed by atoms with E-state index >= 15 is 0 Å². The zero-order chi connectivity index (χ0) is 22.3. The molecule has 1 atom stereocenters. The lowest BCUT2D eigenvalue weighted by atomic mass is 9.98. The SMILES string of the molecule is Cc1ccc2oc3c(c(=O)c2c1)[C@H](c1ccc(Cl)c(Cl)c1)N(CCCOC(C)C)C3=O. The van der Waals surface area contributed by atoms with Crippen LogP contribution in [-0.2, 0) is 4.74 Å². The molecule has 0 bridgehead atoms. The maximum atomic E-state index is 13.5. The Morgan fingerprint density at radius 2 is 1.87 bits per heavy atom. The second-order valence-electron chi connectivity index (χ2n) is 8.02. The van der Waals surface area contributed by atoms with Gasteiger partial charge in [-0.15, -0.1) is 0 Å². The number of ether oxygens (including phenoxy) is 1. The number of hydrogen-bond acceptors (Lipinski definition) is 4. The fraction of sp³-hybridized carbons (Fsp3) is 0.333. The van der Waals surface area contributed by atoms with Gasteiger partial charge in [0.15, 0.2) is 5.43 Å². The van der Waals surface area contributed by atoms with Gasteiger partial charge in [0, 0.05) is 13.2 Å². The number of amides is 1. The summed E-state index contributed by atoms with van der Waals surface area (Å²) < 4.78 is 11.6. The summed E-state index contributed by atoms with van der Waals surface area (Å²) in [4.78, 5) is 28.5. The van der Waals surface area contributed by atoms with Gasteiger partial charge in [0.1, 0.15) is 5.58 Å². The maximum absolute atomic E-state index is 13.5. The lowest BCUT2D eigenvalue weighted by molar-refractivity contribution is 0.0593. The van der Waals surface area contributed by atoms with Gasteiger partial charge in [-0.2, -0.15) is 0 Å². The maximum Gasteiger partial charge on any atom is 0.290 e. The summed E-state index contributed by atoms with van der Waals surface area (Å²) in [6.45, 7) is 6.76. The van der Waals surface area contributed by atoms with Crippen molar-refractivity contribution in [3.05, 3.63) is 79.1 Å². The first-order valence-corrected chi connectivity index (χ1v) is 11.0. The highest BCUT2D eigenvalue weighted by molar-refractivity contribution is 6.42. The molecule has 162 valence electrons. The third kappa shape index (κ3) is 4.10. The van der Waals surface area contributed by atoms with E-state index in [9.17, 15) is 9.59 Å². The molecule has 1 aliphatic heterocycles. The van der Waals surface area contributed by atoms with Crippen LogP contribution in [-0.4, -0.2) is 30.1 Å². The fourth-order valence-corrected chi connectivity index (χ4v) is 4.25. The Balaban J connectivity index is 1.84. The van der Waals surface area contributed by atoms with Crippen LogP contribution in [0.3, 0.4) is 0 Å². The Morgan fingerprint density at radius 1 is 1.10 bits per heavy atom. The zero-order valence-corrected chi connectivity index (χ0v) is 19.1. The summed E-state index contributed by atoms with van der Waals surface area (Å²) in [5.41, 5.74) is 2.19. The highest BCUT2D eigenvalue weighted by atomic mass is 35.5. The number of nitrogens with zero attached hydrogens (tertiary/aromatic N) is 1. The molecule has 1 aliphatic rings. The second kappa shape index (κ2) is 8.65. The zero-order valence-electron chi connectivity index (χ0n) is 17.6. The Kier molecular flexibility index (Phi) is 6.11. The van der Waals surface area contributed by atoms with Crippen molar-refractivity contribution in [1.82, 2.24) is 4.90 Å². The monoisotopic (exact) mass is 459 g/mol. The fourth-order valence-electron chi connectivity index (χ4n) is 3.95. The van der Waals surface area contributed by atoms with Crippen molar-refractivity contribution in [3.8, 4) is 0 Å². The van der Waals surface area contributed by atoms with Gasteiger partial charge in [-0.1, -0.05) is 40.9 Å². The van der Waals surface area contributed by atoms with E-state index < -0.39 is 6.04 Å². The summed E-state index contributed by atoms with van der Waals surface area (Å²) in [7, 11) is 0. The number of fused-ring (bicyclic) bond motifs is 2. The van der Waals surface area contributed by atoms with Gasteiger partial charge in [-0.3, -0.25) is 9.59 Å². The Bertz CT molecular complexity index is 1220. The van der Waals surface area contributed by atoms with Crippen molar-refractivity contribution >= 4 is 40.1 Å².